The lowest BCUT2D eigenvalue weighted by Gasteiger charge is -1.78. The van der Waals surface area contributed by atoms with E-state index < -0.39 is 11.7 Å². The van der Waals surface area contributed by atoms with Crippen molar-refractivity contribution in [2.45, 2.75) is 0 Å². The predicted molar refractivity (Wildman–Crippen MR) is 36.8 cm³/mol. The van der Waals surface area contributed by atoms with Crippen LogP contribution in [0.2, 0.25) is 0 Å². The first-order chi connectivity index (χ1) is 3.30. The molecule has 0 saturated heterocycles. The predicted octanol–water partition coefficient (Wildman–Crippen LogP) is 0.0426. The van der Waals surface area contributed by atoms with Crippen molar-refractivity contribution in [3.8, 4) is 0 Å². The van der Waals surface area contributed by atoms with Crippen LogP contribution in [-0.4, -0.2) is 11.7 Å². The minimum absolute atomic E-state index is 0. The Morgan fingerprint density at radius 2 is 1.78 bits per heavy atom. The van der Waals surface area contributed by atoms with Crippen LogP contribution in [-0.2, 0) is 9.59 Å². The molecule has 0 aromatic carbocycles. The third-order valence-electron chi connectivity index (χ3n) is 0.673. The molecule has 0 saturated carbocycles. The van der Waals surface area contributed by atoms with E-state index in [1.54, 1.807) is 0 Å². The molecule has 0 unspecified atom stereocenters. The zero-order chi connectivity index (χ0) is 5.28. The SMILES string of the molecule is Cl.Cl.O=C1C=CNC1=O. The summed E-state index contributed by atoms with van der Waals surface area (Å²) in [6, 6.07) is 0. The Morgan fingerprint density at radius 3 is 1.89 bits per heavy atom. The van der Waals surface area contributed by atoms with E-state index >= 15 is 0 Å². The van der Waals surface area contributed by atoms with Crippen molar-refractivity contribution >= 4 is 36.5 Å². The molecule has 1 aliphatic rings. The molecule has 0 spiro atoms. The molecule has 3 nitrogen and oxygen atoms in total. The minimum Gasteiger partial charge on any atom is -0.326 e. The molecule has 9 heavy (non-hydrogen) atoms. The van der Waals surface area contributed by atoms with Crippen molar-refractivity contribution < 1.29 is 9.59 Å². The van der Waals surface area contributed by atoms with Crippen molar-refractivity contribution in [1.82, 2.24) is 5.32 Å². The van der Waals surface area contributed by atoms with E-state index in [0.29, 0.717) is 0 Å². The maximum Gasteiger partial charge on any atom is 0.295 e. The summed E-state index contributed by atoms with van der Waals surface area (Å²) in [5, 5.41) is 2.20. The Morgan fingerprint density at radius 1 is 1.22 bits per heavy atom. The van der Waals surface area contributed by atoms with Gasteiger partial charge in [-0.25, -0.2) is 0 Å². The van der Waals surface area contributed by atoms with Crippen LogP contribution >= 0.6 is 24.8 Å². The van der Waals surface area contributed by atoms with Crippen LogP contribution in [0, 0.1) is 0 Å². The van der Waals surface area contributed by atoms with Crippen molar-refractivity contribution in [3.63, 3.8) is 0 Å². The number of carbonyl (C=O) groups excluding carboxylic acids is 2. The van der Waals surface area contributed by atoms with Gasteiger partial charge in [0.15, 0.2) is 0 Å². The van der Waals surface area contributed by atoms with Crippen molar-refractivity contribution in [3.05, 3.63) is 12.3 Å². The molecule has 0 bridgehead atoms. The second-order valence-corrected chi connectivity index (χ2v) is 1.17. The maximum absolute atomic E-state index is 10.1. The van der Waals surface area contributed by atoms with Gasteiger partial charge in [0.2, 0.25) is 5.78 Å². The minimum atomic E-state index is -0.542. The molecule has 0 atom stereocenters. The largest absolute Gasteiger partial charge is 0.326 e. The van der Waals surface area contributed by atoms with Crippen LogP contribution < -0.4 is 5.32 Å². The van der Waals surface area contributed by atoms with Gasteiger partial charge >= 0.3 is 0 Å². The Hall–Kier alpha value is -0.540. The third-order valence-corrected chi connectivity index (χ3v) is 0.673. The molecule has 1 N–H and O–H groups in total. The smallest absolute Gasteiger partial charge is 0.295 e. The molecule has 0 aromatic heterocycles. The average Bonchev–Trinajstić information content (AvgIpc) is 1.91. The van der Waals surface area contributed by atoms with Crippen molar-refractivity contribution in [2.24, 2.45) is 0 Å². The van der Waals surface area contributed by atoms with Crippen molar-refractivity contribution in [2.75, 3.05) is 0 Å². The first-order valence-corrected chi connectivity index (χ1v) is 1.82. The van der Waals surface area contributed by atoms with E-state index in [9.17, 15) is 9.59 Å². The monoisotopic (exact) mass is 169 g/mol. The van der Waals surface area contributed by atoms with E-state index in [-0.39, 0.29) is 24.8 Å². The summed E-state index contributed by atoms with van der Waals surface area (Å²) >= 11 is 0. The molecular formula is C4H5Cl2NO2. The van der Waals surface area contributed by atoms with E-state index in [2.05, 4.69) is 5.32 Å². The van der Waals surface area contributed by atoms with Gasteiger partial charge < -0.3 is 5.32 Å². The molecule has 0 fully saturated rings. The molecule has 1 amide bonds. The number of nitrogens with one attached hydrogen (secondary N) is 1. The summed E-state index contributed by atoms with van der Waals surface area (Å²) in [6.07, 6.45) is 2.52. The van der Waals surface area contributed by atoms with Crippen molar-refractivity contribution in [1.29, 1.82) is 0 Å². The standard InChI is InChI=1S/C4H3NO2.2ClH/c6-3-1-2-5-4(3)7;;/h1-2H,(H,5,6,7);2*1H. The fourth-order valence-corrected chi connectivity index (χ4v) is 0.340. The topological polar surface area (TPSA) is 46.2 Å². The molecule has 1 aliphatic heterocycles. The van der Waals surface area contributed by atoms with Gasteiger partial charge in [0.1, 0.15) is 0 Å². The number of rotatable bonds is 0. The van der Waals surface area contributed by atoms with Gasteiger partial charge in [0.05, 0.1) is 0 Å². The highest BCUT2D eigenvalue weighted by atomic mass is 35.5. The van der Waals surface area contributed by atoms with E-state index in [1.807, 2.05) is 0 Å². The number of halogens is 2. The van der Waals surface area contributed by atoms with Crippen LogP contribution in [0.25, 0.3) is 0 Å². The van der Waals surface area contributed by atoms with Gasteiger partial charge in [-0.3, -0.25) is 9.59 Å². The lowest BCUT2D eigenvalue weighted by molar-refractivity contribution is -0.133. The van der Waals surface area contributed by atoms with Crippen LogP contribution in [0.1, 0.15) is 0 Å². The van der Waals surface area contributed by atoms with Crippen LogP contribution in [0.4, 0.5) is 0 Å². The maximum atomic E-state index is 10.1. The Bertz CT molecular complexity index is 155. The Kier molecular flexibility index (Phi) is 5.45. The second-order valence-electron chi connectivity index (χ2n) is 1.17. The number of carbonyl (C=O) groups is 2. The quantitative estimate of drug-likeness (QED) is 0.521. The molecule has 0 aromatic rings. The summed E-state index contributed by atoms with van der Waals surface area (Å²) in [6.45, 7) is 0. The number of hydrogen-bond donors (Lipinski definition) is 1. The summed E-state index contributed by atoms with van der Waals surface area (Å²) < 4.78 is 0. The zero-order valence-corrected chi connectivity index (χ0v) is 5.92. The fourth-order valence-electron chi connectivity index (χ4n) is 0.340. The molecule has 1 heterocycles. The number of hydrogen-bond acceptors (Lipinski definition) is 2. The first kappa shape index (κ1) is 11.3. The number of ketones is 1. The van der Waals surface area contributed by atoms with Gasteiger partial charge in [-0.2, -0.15) is 0 Å². The second kappa shape index (κ2) is 4.35. The highest BCUT2D eigenvalue weighted by molar-refractivity contribution is 6.42. The lowest BCUT2D eigenvalue weighted by Crippen LogP contribution is -2.17. The fraction of sp³-hybridized carbons (Fsp3) is 0. The van der Waals surface area contributed by atoms with Gasteiger partial charge in [0.25, 0.3) is 5.91 Å². The highest BCUT2D eigenvalue weighted by Crippen LogP contribution is 1.83. The lowest BCUT2D eigenvalue weighted by atomic mass is 10.4. The summed E-state index contributed by atoms with van der Waals surface area (Å²) in [5.74, 6) is -1.01. The zero-order valence-electron chi connectivity index (χ0n) is 4.29. The Labute approximate surface area is 64.3 Å². The molecular weight excluding hydrogens is 165 g/mol. The van der Waals surface area contributed by atoms with Gasteiger partial charge in [-0.05, 0) is 0 Å². The van der Waals surface area contributed by atoms with E-state index in [0.717, 1.165) is 0 Å². The average molecular weight is 170 g/mol. The van der Waals surface area contributed by atoms with Crippen LogP contribution in [0.5, 0.6) is 0 Å². The van der Waals surface area contributed by atoms with Gasteiger partial charge in [-0.1, -0.05) is 0 Å². The summed E-state index contributed by atoms with van der Waals surface area (Å²) in [5.41, 5.74) is 0. The molecule has 0 radical (unpaired) electrons. The van der Waals surface area contributed by atoms with E-state index in [1.165, 1.54) is 12.3 Å². The first-order valence-electron chi connectivity index (χ1n) is 1.82. The Balaban J connectivity index is 0. The molecule has 0 aliphatic carbocycles. The normalized spacial score (nSPS) is 13.8. The van der Waals surface area contributed by atoms with Gasteiger partial charge in [-0.15, -0.1) is 24.8 Å². The number of amides is 1. The molecule has 1 rings (SSSR count). The highest BCUT2D eigenvalue weighted by Gasteiger charge is 2.12. The summed E-state index contributed by atoms with van der Waals surface area (Å²) in [4.78, 5) is 20.1. The molecule has 52 valence electrons. The third kappa shape index (κ3) is 2.49. The van der Waals surface area contributed by atoms with E-state index in [4.69, 9.17) is 0 Å². The van der Waals surface area contributed by atoms with Gasteiger partial charge in [0, 0.05) is 12.3 Å². The van der Waals surface area contributed by atoms with Crippen LogP contribution in [0.3, 0.4) is 0 Å². The molecule has 5 heteroatoms. The van der Waals surface area contributed by atoms with Crippen LogP contribution in [0.15, 0.2) is 12.3 Å². The summed E-state index contributed by atoms with van der Waals surface area (Å²) in [7, 11) is 0.